The van der Waals surface area contributed by atoms with Crippen molar-refractivity contribution >= 4 is 49.0 Å². The van der Waals surface area contributed by atoms with Gasteiger partial charge in [0.1, 0.15) is 4.90 Å². The van der Waals surface area contributed by atoms with Crippen LogP contribution < -0.4 is 0 Å². The number of carbonyl (C=O) groups is 1. The number of rotatable bonds is 6. The molecule has 1 amide bonds. The summed E-state index contributed by atoms with van der Waals surface area (Å²) >= 11 is 12.4. The number of amides is 1. The molecule has 168 valence electrons. The molecule has 0 saturated carbocycles. The molecule has 0 aromatic heterocycles. The Labute approximate surface area is 187 Å². The summed E-state index contributed by atoms with van der Waals surface area (Å²) in [5.74, 6) is -0.585. The maximum atomic E-state index is 13.3. The summed E-state index contributed by atoms with van der Waals surface area (Å²) in [6, 6.07) is 1.98. The maximum Gasteiger partial charge on any atom is 0.255 e. The largest absolute Gasteiger partial charge is 0.379 e. The van der Waals surface area contributed by atoms with Crippen LogP contribution in [-0.4, -0.2) is 82.3 Å². The predicted molar refractivity (Wildman–Crippen MR) is 114 cm³/mol. The lowest BCUT2D eigenvalue weighted by atomic mass is 10.1. The van der Waals surface area contributed by atoms with Crippen LogP contribution in [0.3, 0.4) is 0 Å². The minimum Gasteiger partial charge on any atom is -0.379 e. The quantitative estimate of drug-likeness (QED) is 0.594. The van der Waals surface area contributed by atoms with E-state index in [1.54, 1.807) is 0 Å². The van der Waals surface area contributed by atoms with E-state index in [-0.39, 0.29) is 58.3 Å². The standard InChI is InChI=1S/C18H24Cl2N2O6S2/c1-2-4-22(13-3-9-29(24,25)12-13)18(23)14-10-17(16(20)11-15(14)19)30(26,27)21-5-7-28-8-6-21/h10-11,13H,2-9,12H2,1H3. The Morgan fingerprint density at radius 1 is 1.23 bits per heavy atom. The van der Waals surface area contributed by atoms with Crippen molar-refractivity contribution in [2.75, 3.05) is 44.4 Å². The number of morpholine rings is 1. The predicted octanol–water partition coefficient (Wildman–Crippen LogP) is 2.05. The Hall–Kier alpha value is -0.910. The van der Waals surface area contributed by atoms with Crippen LogP contribution in [-0.2, 0) is 24.6 Å². The van der Waals surface area contributed by atoms with E-state index in [9.17, 15) is 21.6 Å². The monoisotopic (exact) mass is 498 g/mol. The highest BCUT2D eigenvalue weighted by atomic mass is 35.5. The van der Waals surface area contributed by atoms with Crippen LogP contribution in [0.1, 0.15) is 30.1 Å². The first-order valence-corrected chi connectivity index (χ1v) is 13.7. The van der Waals surface area contributed by atoms with E-state index >= 15 is 0 Å². The SMILES string of the molecule is CCCN(C(=O)c1cc(S(=O)(=O)N2CCOCC2)c(Cl)cc1Cl)C1CCS(=O)(=O)C1. The van der Waals surface area contributed by atoms with Crippen LogP contribution in [0, 0.1) is 0 Å². The first-order valence-electron chi connectivity index (χ1n) is 9.65. The third-order valence-electron chi connectivity index (χ3n) is 5.21. The summed E-state index contributed by atoms with van der Waals surface area (Å²) in [7, 11) is -7.14. The molecule has 3 rings (SSSR count). The molecule has 0 bridgehead atoms. The molecule has 1 unspecified atom stereocenters. The smallest absolute Gasteiger partial charge is 0.255 e. The number of halogens is 2. The molecule has 2 aliphatic heterocycles. The van der Waals surface area contributed by atoms with Gasteiger partial charge in [-0.3, -0.25) is 4.79 Å². The summed E-state index contributed by atoms with van der Waals surface area (Å²) in [4.78, 5) is 14.6. The molecular weight excluding hydrogens is 475 g/mol. The second kappa shape index (κ2) is 9.30. The number of carbonyl (C=O) groups excluding carboxylic acids is 1. The van der Waals surface area contributed by atoms with Crippen molar-refractivity contribution in [2.24, 2.45) is 0 Å². The lowest BCUT2D eigenvalue weighted by Gasteiger charge is -2.29. The van der Waals surface area contributed by atoms with E-state index in [0.29, 0.717) is 19.4 Å². The highest BCUT2D eigenvalue weighted by Gasteiger charge is 2.36. The van der Waals surface area contributed by atoms with Crippen LogP contribution in [0.4, 0.5) is 0 Å². The number of sulfone groups is 1. The van der Waals surface area contributed by atoms with Crippen molar-refractivity contribution in [3.63, 3.8) is 0 Å². The molecule has 1 aromatic carbocycles. The summed E-state index contributed by atoms with van der Waals surface area (Å²) < 4.78 is 56.4. The van der Waals surface area contributed by atoms with Crippen LogP contribution in [0.2, 0.25) is 10.0 Å². The summed E-state index contributed by atoms with van der Waals surface area (Å²) in [6.07, 6.45) is 0.963. The number of hydrogen-bond donors (Lipinski definition) is 0. The summed E-state index contributed by atoms with van der Waals surface area (Å²) in [5.41, 5.74) is -0.00866. The molecule has 1 atom stereocenters. The van der Waals surface area contributed by atoms with Gasteiger partial charge in [-0.05, 0) is 25.0 Å². The molecule has 0 radical (unpaired) electrons. The molecule has 0 aliphatic carbocycles. The van der Waals surface area contributed by atoms with E-state index in [0.717, 1.165) is 0 Å². The van der Waals surface area contributed by atoms with Crippen molar-refractivity contribution < 1.29 is 26.4 Å². The van der Waals surface area contributed by atoms with Crippen LogP contribution in [0.25, 0.3) is 0 Å². The van der Waals surface area contributed by atoms with Gasteiger partial charge in [0.25, 0.3) is 5.91 Å². The molecule has 30 heavy (non-hydrogen) atoms. The van der Waals surface area contributed by atoms with Crippen molar-refractivity contribution in [3.05, 3.63) is 27.7 Å². The molecule has 0 spiro atoms. The van der Waals surface area contributed by atoms with Crippen LogP contribution in [0.5, 0.6) is 0 Å². The number of hydrogen-bond acceptors (Lipinski definition) is 6. The van der Waals surface area contributed by atoms with Crippen LogP contribution >= 0.6 is 23.2 Å². The number of sulfonamides is 1. The Bertz CT molecular complexity index is 1020. The minimum atomic E-state index is -3.94. The molecule has 2 aliphatic rings. The second-order valence-electron chi connectivity index (χ2n) is 7.33. The van der Waals surface area contributed by atoms with E-state index in [1.807, 2.05) is 6.92 Å². The lowest BCUT2D eigenvalue weighted by molar-refractivity contribution is 0.0696. The Morgan fingerprint density at radius 2 is 1.90 bits per heavy atom. The van der Waals surface area contributed by atoms with E-state index in [1.165, 1.54) is 21.3 Å². The van der Waals surface area contributed by atoms with Gasteiger partial charge in [-0.1, -0.05) is 30.1 Å². The summed E-state index contributed by atoms with van der Waals surface area (Å²) in [5, 5.41) is -0.0542. The fourth-order valence-corrected chi connectivity index (χ4v) is 7.65. The first-order chi connectivity index (χ1) is 14.1. The Balaban J connectivity index is 1.98. The molecule has 1 aromatic rings. The normalized spacial score (nSPS) is 22.2. The third kappa shape index (κ3) is 4.94. The fraction of sp³-hybridized carbons (Fsp3) is 0.611. The van der Waals surface area contributed by atoms with Gasteiger partial charge in [0, 0.05) is 25.7 Å². The number of benzene rings is 1. The van der Waals surface area contributed by atoms with Gasteiger partial charge in [0.2, 0.25) is 10.0 Å². The van der Waals surface area contributed by atoms with Gasteiger partial charge in [0.15, 0.2) is 9.84 Å². The molecule has 8 nitrogen and oxygen atoms in total. The van der Waals surface area contributed by atoms with Crippen LogP contribution in [0.15, 0.2) is 17.0 Å². The van der Waals surface area contributed by atoms with E-state index < -0.39 is 31.8 Å². The highest BCUT2D eigenvalue weighted by Crippen LogP contribution is 2.32. The van der Waals surface area contributed by atoms with Crippen molar-refractivity contribution in [1.29, 1.82) is 0 Å². The Kier molecular flexibility index (Phi) is 7.36. The molecule has 2 fully saturated rings. The fourth-order valence-electron chi connectivity index (χ4n) is 3.68. The van der Waals surface area contributed by atoms with Crippen molar-refractivity contribution in [1.82, 2.24) is 9.21 Å². The molecular formula is C18H24Cl2N2O6S2. The molecule has 0 N–H and O–H groups in total. The topological polar surface area (TPSA) is 101 Å². The zero-order valence-electron chi connectivity index (χ0n) is 16.5. The zero-order valence-corrected chi connectivity index (χ0v) is 19.7. The third-order valence-corrected chi connectivity index (χ3v) is 9.64. The molecule has 2 saturated heterocycles. The Morgan fingerprint density at radius 3 is 2.47 bits per heavy atom. The first kappa shape index (κ1) is 23.7. The van der Waals surface area contributed by atoms with Gasteiger partial charge >= 0.3 is 0 Å². The summed E-state index contributed by atoms with van der Waals surface area (Å²) in [6.45, 7) is 3.14. The number of nitrogens with zero attached hydrogens (tertiary/aromatic N) is 2. The molecule has 2 heterocycles. The second-order valence-corrected chi connectivity index (χ2v) is 12.3. The zero-order chi connectivity index (χ0) is 22.1. The lowest BCUT2D eigenvalue weighted by Crippen LogP contribution is -2.42. The van der Waals surface area contributed by atoms with E-state index in [4.69, 9.17) is 27.9 Å². The van der Waals surface area contributed by atoms with Gasteiger partial charge in [0.05, 0.1) is 40.3 Å². The van der Waals surface area contributed by atoms with Gasteiger partial charge < -0.3 is 9.64 Å². The van der Waals surface area contributed by atoms with Gasteiger partial charge in [-0.15, -0.1) is 0 Å². The average molecular weight is 499 g/mol. The van der Waals surface area contributed by atoms with Crippen molar-refractivity contribution in [2.45, 2.75) is 30.7 Å². The maximum absolute atomic E-state index is 13.3. The van der Waals surface area contributed by atoms with Gasteiger partial charge in [-0.2, -0.15) is 4.31 Å². The number of ether oxygens (including phenoxy) is 1. The minimum absolute atomic E-state index is 0.00866. The molecule has 12 heteroatoms. The average Bonchev–Trinajstić information content (AvgIpc) is 3.05. The van der Waals surface area contributed by atoms with E-state index in [2.05, 4.69) is 0 Å². The van der Waals surface area contributed by atoms with Gasteiger partial charge in [-0.25, -0.2) is 16.8 Å². The highest BCUT2D eigenvalue weighted by molar-refractivity contribution is 7.91. The van der Waals surface area contributed by atoms with Crippen molar-refractivity contribution in [3.8, 4) is 0 Å².